The van der Waals surface area contributed by atoms with Crippen LogP contribution >= 0.6 is 0 Å². The summed E-state index contributed by atoms with van der Waals surface area (Å²) in [5.41, 5.74) is 14.2. The maximum Gasteiger partial charge on any atom is 0.123 e. The predicted molar refractivity (Wildman–Crippen MR) is 234 cm³/mol. The molecule has 0 atom stereocenters. The summed E-state index contributed by atoms with van der Waals surface area (Å²) < 4.78 is 15.9. The van der Waals surface area contributed by atoms with Gasteiger partial charge in [0.25, 0.3) is 0 Å². The molecule has 0 amide bonds. The molecule has 5 nitrogen and oxygen atoms in total. The number of aryl methyl sites for hydroxylation is 2. The third-order valence-corrected chi connectivity index (χ3v) is 10.7. The number of para-hydroxylation sites is 3. The third-order valence-electron chi connectivity index (χ3n) is 10.7. The molecular weight excluding hydrogens is 891 g/mol. The molecule has 10 rings (SSSR count). The van der Waals surface area contributed by atoms with Gasteiger partial charge in [0.2, 0.25) is 0 Å². The van der Waals surface area contributed by atoms with Gasteiger partial charge in [-0.1, -0.05) is 130 Å². The van der Waals surface area contributed by atoms with Crippen molar-refractivity contribution in [2.75, 3.05) is 0 Å². The fourth-order valence-corrected chi connectivity index (χ4v) is 7.91. The van der Waals surface area contributed by atoms with Crippen LogP contribution in [0.1, 0.15) is 61.8 Å². The number of hydrogen-bond acceptors (Lipinski definition) is 4. The summed E-state index contributed by atoms with van der Waals surface area (Å²) in [7, 11) is 0. The molecule has 0 aliphatic heterocycles. The van der Waals surface area contributed by atoms with E-state index in [4.69, 9.17) is 13.8 Å². The molecule has 0 saturated carbocycles. The summed E-state index contributed by atoms with van der Waals surface area (Å²) in [5, 5.41) is 2.93. The van der Waals surface area contributed by atoms with Gasteiger partial charge >= 0.3 is 0 Å². The number of imidazole rings is 1. The molecule has 58 heavy (non-hydrogen) atoms. The van der Waals surface area contributed by atoms with E-state index in [9.17, 15) is 0 Å². The first kappa shape index (κ1) is 38.8. The van der Waals surface area contributed by atoms with Gasteiger partial charge in [-0.2, -0.15) is 0 Å². The van der Waals surface area contributed by atoms with Crippen LogP contribution in [0.5, 0.6) is 0 Å². The van der Waals surface area contributed by atoms with E-state index >= 15 is 0 Å². The molecule has 10 aromatic rings. The molecule has 289 valence electrons. The van der Waals surface area contributed by atoms with Gasteiger partial charge in [0.05, 0.1) is 33.8 Å². The smallest absolute Gasteiger partial charge is 0.123 e. The Bertz CT molecular complexity index is 2970. The van der Waals surface area contributed by atoms with Crippen LogP contribution in [0, 0.1) is 26.0 Å². The van der Waals surface area contributed by atoms with E-state index in [-0.39, 0.29) is 20.1 Å². The molecule has 0 bridgehead atoms. The normalized spacial score (nSPS) is 11.4. The van der Waals surface area contributed by atoms with E-state index in [1.54, 1.807) is 6.20 Å². The number of hydrogen-bond donors (Lipinski definition) is 0. The number of furan rings is 2. The van der Waals surface area contributed by atoms with Crippen LogP contribution in [0.15, 0.2) is 148 Å². The van der Waals surface area contributed by atoms with E-state index in [1.807, 2.05) is 60.7 Å². The Hall–Kier alpha value is -6.07. The Labute approximate surface area is 352 Å². The summed E-state index contributed by atoms with van der Waals surface area (Å²) >= 11 is 0. The quantitative estimate of drug-likeness (QED) is 0.156. The van der Waals surface area contributed by atoms with Crippen molar-refractivity contribution in [3.8, 4) is 39.7 Å². The van der Waals surface area contributed by atoms with Gasteiger partial charge < -0.3 is 18.4 Å². The summed E-state index contributed by atoms with van der Waals surface area (Å²) in [6, 6.07) is 52.4. The van der Waals surface area contributed by atoms with Crippen molar-refractivity contribution in [1.29, 1.82) is 0 Å². The van der Waals surface area contributed by atoms with Crippen molar-refractivity contribution >= 4 is 43.9 Å². The second-order valence-corrected chi connectivity index (χ2v) is 15.3. The summed E-state index contributed by atoms with van der Waals surface area (Å²) in [6.07, 6.45) is 1.79. The van der Waals surface area contributed by atoms with E-state index in [2.05, 4.69) is 136 Å². The standard InChI is InChI=1S/C41H35N2O2.C11H8N.Ir/c1-23(2)28-15-12-16-29(24(3)4)37(28)43-34-18-11-10-17-33(34)42-41(43)32-22-31-26(6)38(27-13-8-7-9-14-27)45-39(31)36-30-20-19-25(5)21-35(30)44-40(32)36;1-2-6-10(7-3-1)11-8-4-5-9-12-11;/h7-21,23-24H,1-6H3;1-6,8-9H;/q2*-1;. The zero-order valence-electron chi connectivity index (χ0n) is 33.4. The summed E-state index contributed by atoms with van der Waals surface area (Å²) in [6.45, 7) is 13.3. The Morgan fingerprint density at radius 1 is 0.690 bits per heavy atom. The predicted octanol–water partition coefficient (Wildman–Crippen LogP) is 14.2. The van der Waals surface area contributed by atoms with E-state index in [0.29, 0.717) is 11.8 Å². The number of nitrogens with zero attached hydrogens (tertiary/aromatic N) is 3. The van der Waals surface area contributed by atoms with Crippen molar-refractivity contribution in [2.24, 2.45) is 0 Å². The van der Waals surface area contributed by atoms with Crippen LogP contribution < -0.4 is 0 Å². The minimum atomic E-state index is 0. The van der Waals surface area contributed by atoms with Crippen molar-refractivity contribution in [1.82, 2.24) is 14.5 Å². The van der Waals surface area contributed by atoms with Crippen molar-refractivity contribution < 1.29 is 28.9 Å². The van der Waals surface area contributed by atoms with E-state index in [1.165, 1.54) is 16.8 Å². The van der Waals surface area contributed by atoms with Gasteiger partial charge in [-0.05, 0) is 71.0 Å². The van der Waals surface area contributed by atoms with Crippen molar-refractivity contribution in [3.63, 3.8) is 0 Å². The van der Waals surface area contributed by atoms with E-state index in [0.717, 1.165) is 89.0 Å². The van der Waals surface area contributed by atoms with Gasteiger partial charge in [0.1, 0.15) is 5.58 Å². The second-order valence-electron chi connectivity index (χ2n) is 15.3. The first-order valence-electron chi connectivity index (χ1n) is 19.6. The second kappa shape index (κ2) is 16.1. The van der Waals surface area contributed by atoms with Crippen LogP contribution in [-0.2, 0) is 20.1 Å². The Balaban J connectivity index is 0.000000309. The molecule has 4 aromatic heterocycles. The first-order valence-corrected chi connectivity index (χ1v) is 19.6. The summed E-state index contributed by atoms with van der Waals surface area (Å²) in [5.74, 6) is 2.30. The van der Waals surface area contributed by atoms with Crippen LogP contribution in [-0.4, -0.2) is 14.5 Å². The van der Waals surface area contributed by atoms with Gasteiger partial charge in [-0.15, -0.1) is 42.0 Å². The molecular formula is C52H43IrN3O2-2. The molecule has 1 radical (unpaired) electrons. The zero-order valence-corrected chi connectivity index (χ0v) is 35.8. The Morgan fingerprint density at radius 3 is 2.12 bits per heavy atom. The molecule has 0 spiro atoms. The topological polar surface area (TPSA) is 57.0 Å². The fourth-order valence-electron chi connectivity index (χ4n) is 7.91. The van der Waals surface area contributed by atoms with E-state index < -0.39 is 0 Å². The Kier molecular flexibility index (Phi) is 10.7. The number of benzene rings is 6. The number of aromatic nitrogens is 3. The Morgan fingerprint density at radius 2 is 1.41 bits per heavy atom. The number of rotatable bonds is 6. The molecule has 0 aliphatic carbocycles. The zero-order chi connectivity index (χ0) is 39.2. The SMILES string of the molecule is Cc1ccc2c(c1)oc1c(-c3nc4ccccc4n3-c3c(C(C)C)cccc3C(C)C)[c-]c3c(C)c(-c4ccccc4)oc3c12.[Ir].[c-]1ccccc1-c1ccccn1. The average molecular weight is 934 g/mol. The monoisotopic (exact) mass is 934 g/mol. The molecule has 0 unspecified atom stereocenters. The molecule has 0 saturated heterocycles. The van der Waals surface area contributed by atoms with Gasteiger partial charge in [-0.3, -0.25) is 4.98 Å². The molecule has 0 aliphatic rings. The van der Waals surface area contributed by atoms with Crippen LogP contribution in [0.4, 0.5) is 0 Å². The first-order chi connectivity index (χ1) is 27.8. The largest absolute Gasteiger partial charge is 0.499 e. The number of pyridine rings is 1. The molecule has 0 N–H and O–H groups in total. The fraction of sp³-hybridized carbons (Fsp3) is 0.154. The van der Waals surface area contributed by atoms with Crippen LogP contribution in [0.2, 0.25) is 0 Å². The maximum absolute atomic E-state index is 6.78. The minimum absolute atomic E-state index is 0. The average Bonchev–Trinajstić information content (AvgIpc) is 3.92. The molecule has 6 heteroatoms. The minimum Gasteiger partial charge on any atom is -0.499 e. The number of fused-ring (bicyclic) bond motifs is 6. The van der Waals surface area contributed by atoms with Crippen molar-refractivity contribution in [3.05, 3.63) is 174 Å². The molecule has 4 heterocycles. The summed E-state index contributed by atoms with van der Waals surface area (Å²) in [4.78, 5) is 9.56. The van der Waals surface area contributed by atoms with Gasteiger partial charge in [-0.25, -0.2) is 0 Å². The van der Waals surface area contributed by atoms with Gasteiger partial charge in [0.15, 0.2) is 0 Å². The molecule has 6 aromatic carbocycles. The van der Waals surface area contributed by atoms with Crippen LogP contribution in [0.25, 0.3) is 83.6 Å². The van der Waals surface area contributed by atoms with Crippen LogP contribution in [0.3, 0.4) is 0 Å². The maximum atomic E-state index is 6.78. The van der Waals surface area contributed by atoms with Crippen molar-refractivity contribution in [2.45, 2.75) is 53.4 Å². The molecule has 0 fully saturated rings. The van der Waals surface area contributed by atoms with Gasteiger partial charge in [0, 0.05) is 48.3 Å². The third kappa shape index (κ3) is 6.87.